The maximum Gasteiger partial charge on any atom is 0.306 e. The summed E-state index contributed by atoms with van der Waals surface area (Å²) in [6.45, 7) is 2.68. The second-order valence-electron chi connectivity index (χ2n) is 5.68. The molecule has 0 heterocycles. The molecule has 0 spiro atoms. The average molecular weight is 277 g/mol. The highest BCUT2D eigenvalue weighted by molar-refractivity contribution is 5.70. The second-order valence-corrected chi connectivity index (χ2v) is 5.68. The van der Waals surface area contributed by atoms with E-state index in [1.807, 2.05) is 19.1 Å². The number of carboxylic acid groups (broad SMARTS) is 1. The van der Waals surface area contributed by atoms with Gasteiger partial charge in [0.05, 0.1) is 5.92 Å². The fraction of sp³-hybridized carbons (Fsp3) is 0.562. The highest BCUT2D eigenvalue weighted by atomic mass is 16.4. The summed E-state index contributed by atoms with van der Waals surface area (Å²) >= 11 is 0. The molecular formula is C16H23NO3. The van der Waals surface area contributed by atoms with Crippen LogP contribution in [0, 0.1) is 11.8 Å². The van der Waals surface area contributed by atoms with Crippen molar-refractivity contribution < 1.29 is 15.0 Å². The summed E-state index contributed by atoms with van der Waals surface area (Å²) < 4.78 is 0. The van der Waals surface area contributed by atoms with Crippen molar-refractivity contribution in [1.29, 1.82) is 0 Å². The van der Waals surface area contributed by atoms with Crippen molar-refractivity contribution in [2.45, 2.75) is 38.6 Å². The van der Waals surface area contributed by atoms with Gasteiger partial charge in [-0.1, -0.05) is 31.0 Å². The van der Waals surface area contributed by atoms with Crippen LogP contribution in [-0.4, -0.2) is 22.7 Å². The monoisotopic (exact) mass is 277 g/mol. The Morgan fingerprint density at radius 2 is 2.05 bits per heavy atom. The number of hydrogen-bond acceptors (Lipinski definition) is 3. The standard InChI is InChI=1S/C16H23NO3/c1-11(13-7-4-5-9-15(13)18)17-10-12-6-2-3-8-14(12)16(19)20/h4-5,7,9,11-12,14,17-18H,2-3,6,8,10H2,1H3,(H,19,20). The first-order valence-corrected chi connectivity index (χ1v) is 7.33. The number of para-hydroxylation sites is 1. The molecule has 0 aromatic heterocycles. The molecule has 4 heteroatoms. The molecule has 3 N–H and O–H groups in total. The molecule has 1 aliphatic carbocycles. The third-order valence-corrected chi connectivity index (χ3v) is 4.32. The number of phenolic OH excluding ortho intramolecular Hbond substituents is 1. The van der Waals surface area contributed by atoms with E-state index in [4.69, 9.17) is 0 Å². The third-order valence-electron chi connectivity index (χ3n) is 4.32. The minimum atomic E-state index is -0.674. The van der Waals surface area contributed by atoms with E-state index in [1.165, 1.54) is 0 Å². The molecule has 1 fully saturated rings. The van der Waals surface area contributed by atoms with Crippen LogP contribution >= 0.6 is 0 Å². The topological polar surface area (TPSA) is 69.6 Å². The van der Waals surface area contributed by atoms with Gasteiger partial charge < -0.3 is 15.5 Å². The van der Waals surface area contributed by atoms with Gasteiger partial charge in [0.1, 0.15) is 5.75 Å². The first kappa shape index (κ1) is 14.9. The molecule has 1 aromatic rings. The number of aliphatic carboxylic acids is 1. The Kier molecular flexibility index (Phi) is 5.01. The van der Waals surface area contributed by atoms with Gasteiger partial charge in [0.2, 0.25) is 0 Å². The van der Waals surface area contributed by atoms with E-state index < -0.39 is 5.97 Å². The van der Waals surface area contributed by atoms with Crippen molar-refractivity contribution in [1.82, 2.24) is 5.32 Å². The average Bonchev–Trinajstić information content (AvgIpc) is 2.45. The number of carbonyl (C=O) groups is 1. The molecule has 3 atom stereocenters. The van der Waals surface area contributed by atoms with Gasteiger partial charge in [0.15, 0.2) is 0 Å². The van der Waals surface area contributed by atoms with Crippen molar-refractivity contribution in [2.24, 2.45) is 11.8 Å². The van der Waals surface area contributed by atoms with Gasteiger partial charge in [-0.05, 0) is 38.3 Å². The number of benzene rings is 1. The van der Waals surface area contributed by atoms with E-state index in [2.05, 4.69) is 5.32 Å². The molecule has 4 nitrogen and oxygen atoms in total. The van der Waals surface area contributed by atoms with Crippen LogP contribution in [0.2, 0.25) is 0 Å². The Hall–Kier alpha value is -1.55. The van der Waals surface area contributed by atoms with Crippen LogP contribution in [0.3, 0.4) is 0 Å². The molecule has 0 saturated heterocycles. The minimum Gasteiger partial charge on any atom is -0.508 e. The van der Waals surface area contributed by atoms with Crippen LogP contribution in [0.25, 0.3) is 0 Å². The lowest BCUT2D eigenvalue weighted by Crippen LogP contribution is -2.35. The quantitative estimate of drug-likeness (QED) is 0.774. The van der Waals surface area contributed by atoms with Gasteiger partial charge in [-0.15, -0.1) is 0 Å². The van der Waals surface area contributed by atoms with E-state index in [9.17, 15) is 15.0 Å². The zero-order chi connectivity index (χ0) is 14.5. The maximum absolute atomic E-state index is 11.3. The summed E-state index contributed by atoms with van der Waals surface area (Å²) in [6, 6.07) is 7.28. The van der Waals surface area contributed by atoms with Crippen LogP contribution in [0.15, 0.2) is 24.3 Å². The van der Waals surface area contributed by atoms with E-state index in [0.717, 1.165) is 31.2 Å². The van der Waals surface area contributed by atoms with E-state index in [1.54, 1.807) is 12.1 Å². The lowest BCUT2D eigenvalue weighted by molar-refractivity contribution is -0.144. The zero-order valence-corrected chi connectivity index (χ0v) is 11.9. The van der Waals surface area contributed by atoms with Crippen LogP contribution < -0.4 is 5.32 Å². The Labute approximate surface area is 119 Å². The predicted molar refractivity (Wildman–Crippen MR) is 77.6 cm³/mol. The van der Waals surface area contributed by atoms with E-state index in [-0.39, 0.29) is 23.6 Å². The van der Waals surface area contributed by atoms with Crippen molar-refractivity contribution in [3.63, 3.8) is 0 Å². The molecule has 0 bridgehead atoms. The van der Waals surface area contributed by atoms with Gasteiger partial charge in [-0.25, -0.2) is 0 Å². The van der Waals surface area contributed by atoms with Crippen molar-refractivity contribution >= 4 is 5.97 Å². The number of nitrogens with one attached hydrogen (secondary N) is 1. The van der Waals surface area contributed by atoms with Crippen LogP contribution in [0.4, 0.5) is 0 Å². The molecule has 1 aliphatic rings. The van der Waals surface area contributed by atoms with Gasteiger partial charge in [0, 0.05) is 11.6 Å². The number of rotatable bonds is 5. The molecule has 3 unspecified atom stereocenters. The van der Waals surface area contributed by atoms with Crippen LogP contribution in [-0.2, 0) is 4.79 Å². The summed E-state index contributed by atoms with van der Waals surface area (Å²) in [7, 11) is 0. The summed E-state index contributed by atoms with van der Waals surface area (Å²) in [5.41, 5.74) is 0.857. The first-order chi connectivity index (χ1) is 9.59. The van der Waals surface area contributed by atoms with Crippen LogP contribution in [0.1, 0.15) is 44.2 Å². The molecule has 0 radical (unpaired) electrons. The van der Waals surface area contributed by atoms with Gasteiger partial charge in [-0.3, -0.25) is 4.79 Å². The fourth-order valence-electron chi connectivity index (χ4n) is 3.07. The first-order valence-electron chi connectivity index (χ1n) is 7.33. The summed E-state index contributed by atoms with van der Waals surface area (Å²) in [6.07, 6.45) is 3.88. The molecule has 0 aliphatic heterocycles. The Balaban J connectivity index is 1.94. The third kappa shape index (κ3) is 3.51. The summed E-state index contributed by atoms with van der Waals surface area (Å²) in [4.78, 5) is 11.3. The van der Waals surface area contributed by atoms with Crippen LogP contribution in [0.5, 0.6) is 5.75 Å². The second kappa shape index (κ2) is 6.75. The van der Waals surface area contributed by atoms with E-state index in [0.29, 0.717) is 6.54 Å². The molecule has 1 saturated carbocycles. The fourth-order valence-corrected chi connectivity index (χ4v) is 3.07. The zero-order valence-electron chi connectivity index (χ0n) is 11.9. The van der Waals surface area contributed by atoms with Gasteiger partial charge in [-0.2, -0.15) is 0 Å². The smallest absolute Gasteiger partial charge is 0.306 e. The maximum atomic E-state index is 11.3. The summed E-state index contributed by atoms with van der Waals surface area (Å²) in [5.74, 6) is -0.431. The highest BCUT2D eigenvalue weighted by Crippen LogP contribution is 2.31. The molecule has 20 heavy (non-hydrogen) atoms. The summed E-state index contributed by atoms with van der Waals surface area (Å²) in [5, 5.41) is 22.5. The molecule has 110 valence electrons. The van der Waals surface area contributed by atoms with Crippen molar-refractivity contribution in [3.05, 3.63) is 29.8 Å². The number of aromatic hydroxyl groups is 1. The van der Waals surface area contributed by atoms with Crippen molar-refractivity contribution in [2.75, 3.05) is 6.54 Å². The van der Waals surface area contributed by atoms with Gasteiger partial charge >= 0.3 is 5.97 Å². The highest BCUT2D eigenvalue weighted by Gasteiger charge is 2.30. The number of carboxylic acids is 1. The van der Waals surface area contributed by atoms with E-state index >= 15 is 0 Å². The minimum absolute atomic E-state index is 0.0209. The Morgan fingerprint density at radius 1 is 1.35 bits per heavy atom. The van der Waals surface area contributed by atoms with Gasteiger partial charge in [0.25, 0.3) is 0 Å². The largest absolute Gasteiger partial charge is 0.508 e. The van der Waals surface area contributed by atoms with Crippen molar-refractivity contribution in [3.8, 4) is 5.75 Å². The number of phenols is 1. The molecule has 1 aromatic carbocycles. The lowest BCUT2D eigenvalue weighted by Gasteiger charge is -2.30. The normalized spacial score (nSPS) is 24.2. The molecule has 2 rings (SSSR count). The Bertz CT molecular complexity index is 461. The lowest BCUT2D eigenvalue weighted by atomic mass is 9.79. The molecule has 0 amide bonds. The predicted octanol–water partition coefficient (Wildman–Crippen LogP) is 2.93. The Morgan fingerprint density at radius 3 is 2.75 bits per heavy atom. The SMILES string of the molecule is CC(NCC1CCCCC1C(=O)O)c1ccccc1O. The molecular weight excluding hydrogens is 254 g/mol. The number of hydrogen-bond donors (Lipinski definition) is 3.